The van der Waals surface area contributed by atoms with E-state index >= 15 is 0 Å². The zero-order chi connectivity index (χ0) is 19.8. The normalized spacial score (nSPS) is 11.4. The zero-order valence-corrected chi connectivity index (χ0v) is 15.2. The van der Waals surface area contributed by atoms with Crippen molar-refractivity contribution in [3.8, 4) is 17.2 Å². The van der Waals surface area contributed by atoms with Crippen LogP contribution in [0.3, 0.4) is 0 Å². The molecule has 0 atom stereocenters. The molecule has 0 bridgehead atoms. The van der Waals surface area contributed by atoms with Crippen molar-refractivity contribution in [2.75, 3.05) is 0 Å². The van der Waals surface area contributed by atoms with Gasteiger partial charge in [-0.2, -0.15) is 13.2 Å². The molecule has 0 fully saturated rings. The van der Waals surface area contributed by atoms with Gasteiger partial charge in [0, 0.05) is 13.0 Å². The molecule has 0 spiro atoms. The van der Waals surface area contributed by atoms with E-state index in [1.165, 1.54) is 18.2 Å². The third-order valence-corrected chi connectivity index (χ3v) is 4.05. The fourth-order valence-corrected chi connectivity index (χ4v) is 2.67. The second-order valence-electron chi connectivity index (χ2n) is 5.37. The Morgan fingerprint density at radius 3 is 2.48 bits per heavy atom. The molecule has 9 heteroatoms. The average molecular weight is 443 g/mol. The van der Waals surface area contributed by atoms with Gasteiger partial charge in [0.25, 0.3) is 5.76 Å². The smallest absolute Gasteiger partial charge is 0.448 e. The van der Waals surface area contributed by atoms with Crippen LogP contribution in [0.15, 0.2) is 56.1 Å². The van der Waals surface area contributed by atoms with E-state index < -0.39 is 29.1 Å². The highest BCUT2D eigenvalue weighted by atomic mass is 79.9. The van der Waals surface area contributed by atoms with Crippen molar-refractivity contribution in [1.29, 1.82) is 0 Å². The molecule has 1 heterocycles. The predicted molar refractivity (Wildman–Crippen MR) is 93.0 cm³/mol. The van der Waals surface area contributed by atoms with Crippen molar-refractivity contribution < 1.29 is 31.9 Å². The molecule has 0 aliphatic heterocycles. The van der Waals surface area contributed by atoms with E-state index in [2.05, 4.69) is 15.9 Å². The first-order valence-electron chi connectivity index (χ1n) is 7.45. The van der Waals surface area contributed by atoms with Crippen LogP contribution in [0.4, 0.5) is 13.2 Å². The maximum absolute atomic E-state index is 13.5. The summed E-state index contributed by atoms with van der Waals surface area (Å²) < 4.78 is 55.7. The molecule has 0 unspecified atom stereocenters. The Hall–Kier alpha value is -2.81. The first-order chi connectivity index (χ1) is 12.7. The number of hydrogen-bond acceptors (Lipinski definition) is 5. The molecule has 0 radical (unpaired) electrons. The monoisotopic (exact) mass is 442 g/mol. The Balaban J connectivity index is 2.23. The van der Waals surface area contributed by atoms with Gasteiger partial charge in [-0.05, 0) is 40.2 Å². The van der Waals surface area contributed by atoms with E-state index in [1.807, 2.05) is 0 Å². The molecule has 0 aliphatic carbocycles. The molecule has 3 rings (SSSR count). The quantitative estimate of drug-likeness (QED) is 0.407. The van der Waals surface area contributed by atoms with Crippen molar-refractivity contribution in [2.24, 2.45) is 0 Å². The minimum absolute atomic E-state index is 0.0196. The van der Waals surface area contributed by atoms with Crippen LogP contribution in [-0.2, 0) is 11.0 Å². The molecule has 0 N–H and O–H groups in total. The van der Waals surface area contributed by atoms with Crippen molar-refractivity contribution in [1.82, 2.24) is 0 Å². The molecule has 1 aromatic heterocycles. The van der Waals surface area contributed by atoms with E-state index in [0.717, 1.165) is 13.0 Å². The lowest BCUT2D eigenvalue weighted by atomic mass is 10.2. The summed E-state index contributed by atoms with van der Waals surface area (Å²) >= 11 is 3.15. The first-order valence-corrected chi connectivity index (χ1v) is 8.25. The summed E-state index contributed by atoms with van der Waals surface area (Å²) in [7, 11) is 0. The number of para-hydroxylation sites is 1. The number of fused-ring (bicyclic) bond motifs is 1. The lowest BCUT2D eigenvalue weighted by Gasteiger charge is -2.14. The number of esters is 1. The second kappa shape index (κ2) is 7.07. The van der Waals surface area contributed by atoms with Crippen LogP contribution in [0.1, 0.15) is 12.7 Å². The van der Waals surface area contributed by atoms with Crippen molar-refractivity contribution in [2.45, 2.75) is 13.1 Å². The van der Waals surface area contributed by atoms with Crippen molar-refractivity contribution >= 4 is 32.9 Å². The third-order valence-electron chi connectivity index (χ3n) is 3.39. The highest BCUT2D eigenvalue weighted by Crippen LogP contribution is 2.39. The first kappa shape index (κ1) is 19.0. The number of carbonyl (C=O) groups excluding carboxylic acids is 1. The lowest BCUT2D eigenvalue weighted by Crippen LogP contribution is -2.15. The van der Waals surface area contributed by atoms with Gasteiger partial charge in [-0.3, -0.25) is 9.59 Å². The molecule has 5 nitrogen and oxygen atoms in total. The summed E-state index contributed by atoms with van der Waals surface area (Å²) in [5.74, 6) is -3.27. The van der Waals surface area contributed by atoms with Gasteiger partial charge < -0.3 is 13.9 Å². The summed E-state index contributed by atoms with van der Waals surface area (Å²) in [6.07, 6.45) is -4.98. The van der Waals surface area contributed by atoms with Gasteiger partial charge in [0.05, 0.1) is 9.86 Å². The SMILES string of the molecule is CC(=O)Oc1ccc2c(=O)c(Oc3ccccc3Br)c(C(F)(F)F)oc2c1. The Kier molecular flexibility index (Phi) is 4.97. The summed E-state index contributed by atoms with van der Waals surface area (Å²) in [4.78, 5) is 23.6. The molecule has 0 saturated heterocycles. The Morgan fingerprint density at radius 2 is 1.85 bits per heavy atom. The topological polar surface area (TPSA) is 65.7 Å². The zero-order valence-electron chi connectivity index (χ0n) is 13.6. The molecular weight excluding hydrogens is 433 g/mol. The van der Waals surface area contributed by atoms with Gasteiger partial charge in [0.1, 0.15) is 17.1 Å². The summed E-state index contributed by atoms with van der Waals surface area (Å²) in [5.41, 5.74) is -1.39. The molecule has 0 aliphatic rings. The standard InChI is InChI=1S/C18H10BrF3O5/c1-9(23)25-10-6-7-11-14(8-10)27-17(18(20,21)22)16(15(11)24)26-13-5-3-2-4-12(13)19/h2-8H,1H3. The Labute approximate surface area is 158 Å². The van der Waals surface area contributed by atoms with Crippen LogP contribution >= 0.6 is 15.9 Å². The van der Waals surface area contributed by atoms with Crippen LogP contribution in [0, 0.1) is 0 Å². The van der Waals surface area contributed by atoms with Gasteiger partial charge in [0.15, 0.2) is 0 Å². The number of rotatable bonds is 3. The highest BCUT2D eigenvalue weighted by molar-refractivity contribution is 9.10. The van der Waals surface area contributed by atoms with Gasteiger partial charge in [-0.15, -0.1) is 0 Å². The molecule has 3 aromatic rings. The van der Waals surface area contributed by atoms with Gasteiger partial charge >= 0.3 is 12.1 Å². The van der Waals surface area contributed by atoms with E-state index in [4.69, 9.17) is 13.9 Å². The Morgan fingerprint density at radius 1 is 1.15 bits per heavy atom. The number of benzene rings is 2. The number of halogens is 4. The van der Waals surface area contributed by atoms with Gasteiger partial charge in [-0.25, -0.2) is 0 Å². The number of alkyl halides is 3. The maximum Gasteiger partial charge on any atom is 0.453 e. The van der Waals surface area contributed by atoms with Crippen LogP contribution in [0.2, 0.25) is 0 Å². The molecular formula is C18H10BrF3O5. The fraction of sp³-hybridized carbons (Fsp3) is 0.111. The summed E-state index contributed by atoms with van der Waals surface area (Å²) in [5, 5.41) is -0.152. The minimum atomic E-state index is -4.98. The van der Waals surface area contributed by atoms with Crippen molar-refractivity contribution in [3.63, 3.8) is 0 Å². The molecule has 2 aromatic carbocycles. The fourth-order valence-electron chi connectivity index (χ4n) is 2.30. The molecule has 27 heavy (non-hydrogen) atoms. The second-order valence-corrected chi connectivity index (χ2v) is 6.23. The molecule has 0 saturated carbocycles. The Bertz CT molecular complexity index is 1090. The van der Waals surface area contributed by atoms with Crippen LogP contribution in [-0.4, -0.2) is 5.97 Å². The minimum Gasteiger partial charge on any atom is -0.448 e. The number of hydrogen-bond donors (Lipinski definition) is 0. The van der Waals surface area contributed by atoms with Crippen LogP contribution in [0.5, 0.6) is 17.2 Å². The van der Waals surface area contributed by atoms with Crippen molar-refractivity contribution in [3.05, 3.63) is 62.9 Å². The van der Waals surface area contributed by atoms with Crippen LogP contribution in [0.25, 0.3) is 11.0 Å². The van der Waals surface area contributed by atoms with E-state index in [-0.39, 0.29) is 22.5 Å². The van der Waals surface area contributed by atoms with Crippen LogP contribution < -0.4 is 14.9 Å². The number of carbonyl (C=O) groups is 1. The van der Waals surface area contributed by atoms with Gasteiger partial charge in [-0.1, -0.05) is 12.1 Å². The third kappa shape index (κ3) is 3.97. The lowest BCUT2D eigenvalue weighted by molar-refractivity contribution is -0.154. The van der Waals surface area contributed by atoms with E-state index in [1.54, 1.807) is 18.2 Å². The number of ether oxygens (including phenoxy) is 2. The summed E-state index contributed by atoms with van der Waals surface area (Å²) in [6, 6.07) is 9.65. The summed E-state index contributed by atoms with van der Waals surface area (Å²) in [6.45, 7) is 1.14. The van der Waals surface area contributed by atoms with Gasteiger partial charge in [0.2, 0.25) is 11.2 Å². The maximum atomic E-state index is 13.5. The molecule has 140 valence electrons. The average Bonchev–Trinajstić information content (AvgIpc) is 2.57. The molecule has 0 amide bonds. The predicted octanol–water partition coefficient (Wildman–Crippen LogP) is 5.29. The highest BCUT2D eigenvalue weighted by Gasteiger charge is 2.40. The van der Waals surface area contributed by atoms with E-state index in [9.17, 15) is 22.8 Å². The largest absolute Gasteiger partial charge is 0.453 e. The van der Waals surface area contributed by atoms with E-state index in [0.29, 0.717) is 4.47 Å².